The largest absolute Gasteiger partial charge is 0.508 e. The number of halogens is 4. The van der Waals surface area contributed by atoms with Gasteiger partial charge < -0.3 is 10.4 Å². The first-order valence-corrected chi connectivity index (χ1v) is 5.75. The van der Waals surface area contributed by atoms with Crippen LogP contribution in [-0.4, -0.2) is 22.9 Å². The van der Waals surface area contributed by atoms with Crippen LogP contribution in [0, 0.1) is 5.82 Å². The van der Waals surface area contributed by atoms with E-state index in [-0.39, 0.29) is 36.4 Å². The first kappa shape index (κ1) is 14.1. The van der Waals surface area contributed by atoms with Crippen molar-refractivity contribution < 1.29 is 22.7 Å². The summed E-state index contributed by atoms with van der Waals surface area (Å²) in [5.41, 5.74) is -3.74. The van der Waals surface area contributed by atoms with Crippen molar-refractivity contribution in [3.05, 3.63) is 29.6 Å². The molecule has 2 nitrogen and oxygen atoms in total. The molecule has 0 bridgehead atoms. The van der Waals surface area contributed by atoms with Gasteiger partial charge in [-0.2, -0.15) is 13.2 Å². The molecule has 1 aromatic rings. The summed E-state index contributed by atoms with van der Waals surface area (Å²) in [6, 6.07) is 3.53. The van der Waals surface area contributed by atoms with E-state index in [0.717, 1.165) is 6.07 Å². The number of phenolic OH excluding ortho intramolecular Hbond substituents is 1. The van der Waals surface area contributed by atoms with Crippen molar-refractivity contribution in [2.75, 3.05) is 12.3 Å². The lowest BCUT2D eigenvalue weighted by atomic mass is 10.2. The highest BCUT2D eigenvalue weighted by atomic mass is 32.2. The highest BCUT2D eigenvalue weighted by Gasteiger charge is 2.27. The molecule has 1 rings (SSSR count). The average molecular weight is 269 g/mol. The van der Waals surface area contributed by atoms with Gasteiger partial charge in [0.2, 0.25) is 0 Å². The number of rotatable bonds is 5. The molecule has 0 unspecified atom stereocenters. The zero-order chi connectivity index (χ0) is 12.9. The molecule has 2 N–H and O–H groups in total. The Labute approximate surface area is 100 Å². The summed E-state index contributed by atoms with van der Waals surface area (Å²) in [7, 11) is 0. The number of benzene rings is 1. The predicted octanol–water partition coefficient (Wildman–Crippen LogP) is 2.87. The second kappa shape index (κ2) is 6.11. The van der Waals surface area contributed by atoms with Crippen molar-refractivity contribution in [3.8, 4) is 5.75 Å². The molecule has 0 saturated carbocycles. The fourth-order valence-electron chi connectivity index (χ4n) is 1.21. The molecular formula is C10H11F4NOS. The molecule has 0 radical (unpaired) electrons. The van der Waals surface area contributed by atoms with Crippen molar-refractivity contribution in [2.45, 2.75) is 12.1 Å². The number of hydrogen-bond acceptors (Lipinski definition) is 3. The third-order valence-electron chi connectivity index (χ3n) is 1.82. The van der Waals surface area contributed by atoms with E-state index >= 15 is 0 Å². The quantitative estimate of drug-likeness (QED) is 0.637. The Morgan fingerprint density at radius 2 is 1.94 bits per heavy atom. The van der Waals surface area contributed by atoms with Gasteiger partial charge in [-0.3, -0.25) is 0 Å². The van der Waals surface area contributed by atoms with E-state index < -0.39 is 11.3 Å². The van der Waals surface area contributed by atoms with E-state index in [1.54, 1.807) is 0 Å². The lowest BCUT2D eigenvalue weighted by Gasteiger charge is -2.07. The Morgan fingerprint density at radius 3 is 2.53 bits per heavy atom. The van der Waals surface area contributed by atoms with Gasteiger partial charge >= 0.3 is 5.51 Å². The molecule has 0 fully saturated rings. The Morgan fingerprint density at radius 1 is 1.24 bits per heavy atom. The lowest BCUT2D eigenvalue weighted by molar-refractivity contribution is -0.0327. The maximum atomic E-state index is 12.8. The summed E-state index contributed by atoms with van der Waals surface area (Å²) >= 11 is -0.111. The van der Waals surface area contributed by atoms with Crippen molar-refractivity contribution in [1.82, 2.24) is 5.32 Å². The third-order valence-corrected chi connectivity index (χ3v) is 2.55. The predicted molar refractivity (Wildman–Crippen MR) is 58.3 cm³/mol. The molecule has 0 aliphatic rings. The van der Waals surface area contributed by atoms with Crippen LogP contribution in [0.2, 0.25) is 0 Å². The molecule has 0 spiro atoms. The third kappa shape index (κ3) is 6.38. The Hall–Kier alpha value is -0.950. The molecule has 17 heavy (non-hydrogen) atoms. The summed E-state index contributed by atoms with van der Waals surface area (Å²) in [4.78, 5) is 0. The molecule has 0 atom stereocenters. The van der Waals surface area contributed by atoms with Gasteiger partial charge in [-0.25, -0.2) is 4.39 Å². The molecular weight excluding hydrogens is 258 g/mol. The van der Waals surface area contributed by atoms with Crippen LogP contribution in [0.5, 0.6) is 5.75 Å². The molecule has 1 aromatic carbocycles. The summed E-state index contributed by atoms with van der Waals surface area (Å²) < 4.78 is 48.1. The van der Waals surface area contributed by atoms with Crippen LogP contribution in [0.25, 0.3) is 0 Å². The first-order chi connectivity index (χ1) is 7.87. The van der Waals surface area contributed by atoms with Gasteiger partial charge in [-0.05, 0) is 29.5 Å². The number of thioether (sulfide) groups is 1. The van der Waals surface area contributed by atoms with Gasteiger partial charge in [0.15, 0.2) is 0 Å². The fraction of sp³-hybridized carbons (Fsp3) is 0.400. The van der Waals surface area contributed by atoms with Gasteiger partial charge in [0.05, 0.1) is 0 Å². The van der Waals surface area contributed by atoms with Gasteiger partial charge in [0.1, 0.15) is 11.6 Å². The van der Waals surface area contributed by atoms with Crippen molar-refractivity contribution >= 4 is 11.8 Å². The second-order valence-electron chi connectivity index (χ2n) is 3.29. The van der Waals surface area contributed by atoms with E-state index in [4.69, 9.17) is 5.11 Å². The maximum Gasteiger partial charge on any atom is 0.441 e. The number of aromatic hydroxyl groups is 1. The minimum absolute atomic E-state index is 0.106. The number of hydrogen-bond donors (Lipinski definition) is 2. The van der Waals surface area contributed by atoms with E-state index in [9.17, 15) is 17.6 Å². The van der Waals surface area contributed by atoms with Crippen molar-refractivity contribution in [3.63, 3.8) is 0 Å². The Kier molecular flexibility index (Phi) is 5.07. The molecule has 0 heterocycles. The maximum absolute atomic E-state index is 12.8. The highest BCUT2D eigenvalue weighted by molar-refractivity contribution is 8.00. The molecule has 0 aliphatic heterocycles. The molecule has 0 amide bonds. The van der Waals surface area contributed by atoms with Crippen molar-refractivity contribution in [2.24, 2.45) is 0 Å². The van der Waals surface area contributed by atoms with E-state index in [0.29, 0.717) is 5.56 Å². The first-order valence-electron chi connectivity index (χ1n) is 4.77. The van der Waals surface area contributed by atoms with Crippen LogP contribution in [0.4, 0.5) is 17.6 Å². The van der Waals surface area contributed by atoms with Crippen LogP contribution in [0.15, 0.2) is 18.2 Å². The second-order valence-corrected chi connectivity index (χ2v) is 4.45. The summed E-state index contributed by atoms with van der Waals surface area (Å²) in [5, 5.41) is 11.8. The van der Waals surface area contributed by atoms with E-state index in [1.807, 2.05) is 0 Å². The normalized spacial score (nSPS) is 11.8. The monoisotopic (exact) mass is 269 g/mol. The van der Waals surface area contributed by atoms with E-state index in [2.05, 4.69) is 5.32 Å². The average Bonchev–Trinajstić information content (AvgIpc) is 2.13. The fourth-order valence-corrected chi connectivity index (χ4v) is 1.68. The lowest BCUT2D eigenvalue weighted by Crippen LogP contribution is -2.18. The van der Waals surface area contributed by atoms with E-state index in [1.165, 1.54) is 12.1 Å². The van der Waals surface area contributed by atoms with Crippen LogP contribution in [0.3, 0.4) is 0 Å². The van der Waals surface area contributed by atoms with Crippen LogP contribution >= 0.6 is 11.8 Å². The van der Waals surface area contributed by atoms with Crippen molar-refractivity contribution in [1.29, 1.82) is 0 Å². The Balaban J connectivity index is 2.27. The summed E-state index contributed by atoms with van der Waals surface area (Å²) in [5.74, 6) is -0.886. The number of nitrogens with one attached hydrogen (secondary N) is 1. The standard InChI is InChI=1S/C10H11F4NOS/c11-8-3-7(4-9(16)5-8)6-15-1-2-17-10(12,13)14/h3-5,15-16H,1-2,6H2. The van der Waals surface area contributed by atoms with Gasteiger partial charge in [0.25, 0.3) is 0 Å². The molecule has 0 aliphatic carbocycles. The van der Waals surface area contributed by atoms with Crippen LogP contribution in [0.1, 0.15) is 5.56 Å². The van der Waals surface area contributed by atoms with Gasteiger partial charge in [-0.15, -0.1) is 0 Å². The molecule has 0 aromatic heterocycles. The highest BCUT2D eigenvalue weighted by Crippen LogP contribution is 2.29. The van der Waals surface area contributed by atoms with Gasteiger partial charge in [0, 0.05) is 24.9 Å². The minimum atomic E-state index is -4.22. The zero-order valence-corrected chi connectivity index (χ0v) is 9.54. The van der Waals surface area contributed by atoms with Crippen LogP contribution in [-0.2, 0) is 6.54 Å². The van der Waals surface area contributed by atoms with Gasteiger partial charge in [-0.1, -0.05) is 0 Å². The summed E-state index contributed by atoms with van der Waals surface area (Å²) in [6.45, 7) is 0.366. The number of alkyl halides is 3. The summed E-state index contributed by atoms with van der Waals surface area (Å²) in [6.07, 6.45) is 0. The molecule has 7 heteroatoms. The minimum Gasteiger partial charge on any atom is -0.508 e. The Bertz CT molecular complexity index is 350. The topological polar surface area (TPSA) is 32.3 Å². The zero-order valence-electron chi connectivity index (χ0n) is 8.72. The molecule has 96 valence electrons. The smallest absolute Gasteiger partial charge is 0.441 e. The van der Waals surface area contributed by atoms with Crippen LogP contribution < -0.4 is 5.32 Å². The molecule has 0 saturated heterocycles. The SMILES string of the molecule is Oc1cc(F)cc(CNCCSC(F)(F)F)c1. The number of phenols is 1.